The Bertz CT molecular complexity index is 1980. The number of amides is 4. The zero-order chi connectivity index (χ0) is 40.1. The molecule has 0 spiro atoms. The van der Waals surface area contributed by atoms with Crippen LogP contribution < -0.4 is 19.5 Å². The van der Waals surface area contributed by atoms with Crippen molar-refractivity contribution in [3.63, 3.8) is 0 Å². The highest BCUT2D eigenvalue weighted by Crippen LogP contribution is 2.48. The molecule has 2 aromatic rings. The molecule has 6 rings (SSSR count). The molecule has 0 bridgehead atoms. The molecule has 2 aliphatic heterocycles. The van der Waals surface area contributed by atoms with Gasteiger partial charge in [-0.15, -0.1) is 0 Å². The van der Waals surface area contributed by atoms with E-state index >= 15 is 4.79 Å². The number of carboxylic acid groups (broad SMARTS) is 1. The van der Waals surface area contributed by atoms with Gasteiger partial charge in [0, 0.05) is 34.8 Å². The largest absolute Gasteiger partial charge is 0.496 e. The molecule has 3 N–H and O–H groups in total. The monoisotopic (exact) mass is 781 g/mol. The van der Waals surface area contributed by atoms with E-state index in [4.69, 9.17) is 9.47 Å². The molecule has 7 atom stereocenters. The second-order valence-electron chi connectivity index (χ2n) is 17.1. The van der Waals surface area contributed by atoms with Gasteiger partial charge in [-0.2, -0.15) is 0 Å². The van der Waals surface area contributed by atoms with Crippen LogP contribution in [-0.4, -0.2) is 99.8 Å². The molecule has 15 heteroatoms. The molecule has 0 radical (unpaired) electrons. The number of ether oxygens (including phenoxy) is 2. The highest BCUT2D eigenvalue weighted by molar-refractivity contribution is 7.91. The lowest BCUT2D eigenvalue weighted by atomic mass is 9.82. The quantitative estimate of drug-likeness (QED) is 0.308. The molecule has 2 aliphatic carbocycles. The van der Waals surface area contributed by atoms with Crippen LogP contribution in [0.2, 0.25) is 0 Å². The van der Waals surface area contributed by atoms with Crippen molar-refractivity contribution in [2.75, 3.05) is 13.7 Å². The molecule has 3 fully saturated rings. The average molecular weight is 782 g/mol. The van der Waals surface area contributed by atoms with Gasteiger partial charge in [0.05, 0.1) is 18.4 Å². The van der Waals surface area contributed by atoms with Crippen molar-refractivity contribution in [2.45, 2.75) is 127 Å². The number of rotatable bonds is 8. The van der Waals surface area contributed by atoms with E-state index < -0.39 is 73.8 Å². The van der Waals surface area contributed by atoms with Gasteiger partial charge in [-0.3, -0.25) is 24.0 Å². The molecule has 3 heterocycles. The number of sulfonamides is 1. The van der Waals surface area contributed by atoms with Crippen LogP contribution in [0.3, 0.4) is 0 Å². The van der Waals surface area contributed by atoms with Crippen LogP contribution in [0.25, 0.3) is 10.8 Å². The summed E-state index contributed by atoms with van der Waals surface area (Å²) in [5.41, 5.74) is -2.52. The Kier molecular flexibility index (Phi) is 10.9. The van der Waals surface area contributed by atoms with Gasteiger partial charge in [0.2, 0.25) is 27.7 Å². The van der Waals surface area contributed by atoms with E-state index in [-0.39, 0.29) is 37.1 Å². The summed E-state index contributed by atoms with van der Waals surface area (Å²) in [6, 6.07) is 4.96. The number of fused-ring (bicyclic) bond motifs is 3. The van der Waals surface area contributed by atoms with E-state index in [1.54, 1.807) is 47.1 Å². The predicted octanol–water partition coefficient (Wildman–Crippen LogP) is 5.01. The fraction of sp³-hybridized carbons (Fsp3) is 0.625. The number of methoxy groups -OCH3 is 1. The fourth-order valence-corrected chi connectivity index (χ4v) is 9.65. The van der Waals surface area contributed by atoms with Crippen LogP contribution in [0.1, 0.15) is 92.9 Å². The van der Waals surface area contributed by atoms with Crippen LogP contribution in [0.5, 0.6) is 11.6 Å². The van der Waals surface area contributed by atoms with Crippen LogP contribution in [-0.2, 0) is 24.4 Å². The van der Waals surface area contributed by atoms with E-state index in [0.717, 1.165) is 11.8 Å². The zero-order valence-corrected chi connectivity index (χ0v) is 33.6. The minimum atomic E-state index is -4.01. The Labute approximate surface area is 323 Å². The van der Waals surface area contributed by atoms with Crippen LogP contribution >= 0.6 is 0 Å². The minimum absolute atomic E-state index is 0.0106. The van der Waals surface area contributed by atoms with Crippen molar-refractivity contribution >= 4 is 44.6 Å². The lowest BCUT2D eigenvalue weighted by Crippen LogP contribution is -2.62. The van der Waals surface area contributed by atoms with Gasteiger partial charge in [-0.1, -0.05) is 38.5 Å². The van der Waals surface area contributed by atoms with Crippen molar-refractivity contribution in [1.82, 2.24) is 24.8 Å². The van der Waals surface area contributed by atoms with Crippen LogP contribution in [0, 0.1) is 17.8 Å². The van der Waals surface area contributed by atoms with Crippen LogP contribution in [0.4, 0.5) is 4.79 Å². The molecular formula is C40H55N5O9S. The molecule has 4 aliphatic rings. The molecule has 55 heavy (non-hydrogen) atoms. The van der Waals surface area contributed by atoms with Crippen molar-refractivity contribution in [3.05, 3.63) is 42.6 Å². The number of hydrogen-bond donors (Lipinski definition) is 3. The maximum atomic E-state index is 15.2. The molecule has 1 aromatic carbocycles. The van der Waals surface area contributed by atoms with Crippen molar-refractivity contribution in [1.29, 1.82) is 0 Å². The smallest absolute Gasteiger partial charge is 0.408 e. The lowest BCUT2D eigenvalue weighted by molar-refractivity contribution is -0.146. The Hall–Kier alpha value is -4.40. The Morgan fingerprint density at radius 1 is 1.15 bits per heavy atom. The second kappa shape index (κ2) is 14.9. The summed E-state index contributed by atoms with van der Waals surface area (Å²) in [5, 5.41) is 15.0. The summed E-state index contributed by atoms with van der Waals surface area (Å²) in [6.45, 7) is 10.8. The number of allylic oxidation sites excluding steroid dienone is 1. The van der Waals surface area contributed by atoms with E-state index in [2.05, 4.69) is 21.9 Å². The number of nitrogens with zero attached hydrogens (tertiary/aromatic N) is 3. The standard InChI is InChI=1S/C40H55N5O9S/c1-8-25-20-24(2)12-9-10-13-26-22-40(26,36(48)43-55(51,52)39(6)17-18-39)42-33(46)30-21-27(23-44(30)35(47)32(25)45(37(49)50)38(3,4)5)54-34-29-14-11-15-31(53-7)28(29)16-19-41-34/h10-11,13-16,19,24-27,30,32H,8-9,12,17-18,20-23H2,1-7H3,(H,42,46)(H,43,48)(H,49,50)/b13-10-/t24-,25-,26-,27-,30+,32+,40-/m1/s1. The van der Waals surface area contributed by atoms with Gasteiger partial charge in [-0.05, 0) is 96.3 Å². The molecular weight excluding hydrogens is 727 g/mol. The molecule has 14 nitrogen and oxygen atoms in total. The number of carbonyl (C=O) groups is 4. The third kappa shape index (κ3) is 7.86. The third-order valence-corrected chi connectivity index (χ3v) is 14.2. The number of benzene rings is 1. The van der Waals surface area contributed by atoms with Gasteiger partial charge in [-0.25, -0.2) is 18.2 Å². The predicted molar refractivity (Wildman–Crippen MR) is 206 cm³/mol. The maximum absolute atomic E-state index is 15.2. The van der Waals surface area contributed by atoms with Gasteiger partial charge in [0.1, 0.15) is 29.5 Å². The number of aromatic nitrogens is 1. The van der Waals surface area contributed by atoms with E-state index in [1.165, 1.54) is 9.80 Å². The molecule has 2 saturated carbocycles. The summed E-state index contributed by atoms with van der Waals surface area (Å²) in [6.07, 6.45) is 6.95. The summed E-state index contributed by atoms with van der Waals surface area (Å²) in [7, 11) is -2.45. The normalized spacial score (nSPS) is 30.1. The van der Waals surface area contributed by atoms with Crippen molar-refractivity contribution in [2.24, 2.45) is 17.8 Å². The highest BCUT2D eigenvalue weighted by atomic mass is 32.2. The number of carbonyl (C=O) groups excluding carboxylic acids is 3. The van der Waals surface area contributed by atoms with Crippen molar-refractivity contribution in [3.8, 4) is 11.6 Å². The Balaban J connectivity index is 1.41. The molecule has 4 amide bonds. The second-order valence-corrected chi connectivity index (χ2v) is 19.3. The lowest BCUT2D eigenvalue weighted by Gasteiger charge is -2.44. The summed E-state index contributed by atoms with van der Waals surface area (Å²) in [5.74, 6) is -1.83. The SMILES string of the molecule is CC[C@@H]1C[C@H](C)CC/C=C\[C@@H]2C[C@@]2(C(=O)NS(=O)(=O)C2(C)CC2)NC(=O)[C@@H]2C[C@@H](Oc3nccc4c(OC)cccc34)CN2C(=O)[C@H]1N(C(=O)O)C(C)(C)C. The Morgan fingerprint density at radius 2 is 1.87 bits per heavy atom. The first kappa shape index (κ1) is 40.3. The zero-order valence-electron chi connectivity index (χ0n) is 32.8. The maximum Gasteiger partial charge on any atom is 0.408 e. The van der Waals surface area contributed by atoms with E-state index in [1.807, 2.05) is 37.3 Å². The topological polar surface area (TPSA) is 185 Å². The number of nitrogens with one attached hydrogen (secondary N) is 2. The Morgan fingerprint density at radius 3 is 2.51 bits per heavy atom. The third-order valence-electron chi connectivity index (χ3n) is 12.0. The van der Waals surface area contributed by atoms with E-state index in [9.17, 15) is 27.9 Å². The number of pyridine rings is 1. The highest BCUT2D eigenvalue weighted by Gasteiger charge is 2.63. The molecule has 300 valence electrons. The summed E-state index contributed by atoms with van der Waals surface area (Å²) in [4.78, 5) is 63.9. The molecule has 1 aromatic heterocycles. The summed E-state index contributed by atoms with van der Waals surface area (Å²) >= 11 is 0. The van der Waals surface area contributed by atoms with Gasteiger partial charge < -0.3 is 24.8 Å². The first-order valence-corrected chi connectivity index (χ1v) is 20.8. The first-order chi connectivity index (χ1) is 25.9. The summed E-state index contributed by atoms with van der Waals surface area (Å²) < 4.78 is 39.7. The fourth-order valence-electron chi connectivity index (χ4n) is 8.33. The van der Waals surface area contributed by atoms with E-state index in [0.29, 0.717) is 43.2 Å². The van der Waals surface area contributed by atoms with Crippen LogP contribution in [0.15, 0.2) is 42.6 Å². The average Bonchev–Trinajstić information content (AvgIpc) is 4.00. The van der Waals surface area contributed by atoms with Gasteiger partial charge in [0.25, 0.3) is 5.91 Å². The molecule has 0 unspecified atom stereocenters. The van der Waals surface area contributed by atoms with Gasteiger partial charge >= 0.3 is 6.09 Å². The van der Waals surface area contributed by atoms with Gasteiger partial charge in [0.15, 0.2) is 0 Å². The first-order valence-electron chi connectivity index (χ1n) is 19.3. The minimum Gasteiger partial charge on any atom is -0.496 e. The van der Waals surface area contributed by atoms with Crippen molar-refractivity contribution < 1.29 is 42.2 Å². The molecule has 1 saturated heterocycles. The number of hydrogen-bond acceptors (Lipinski definition) is 9.